The molecule has 0 saturated carbocycles. The summed E-state index contributed by atoms with van der Waals surface area (Å²) in [5, 5.41) is 22.8. The summed E-state index contributed by atoms with van der Waals surface area (Å²) >= 11 is 7.07. The minimum atomic E-state index is -0.576. The fourth-order valence-electron chi connectivity index (χ4n) is 5.61. The summed E-state index contributed by atoms with van der Waals surface area (Å²) in [6.07, 6.45) is 3.48. The second-order valence-electron chi connectivity index (χ2n) is 11.0. The predicted octanol–water partition coefficient (Wildman–Crippen LogP) is 4.71. The third-order valence-electron chi connectivity index (χ3n) is 8.07. The van der Waals surface area contributed by atoms with E-state index in [-0.39, 0.29) is 11.6 Å². The molecular weight excluding hydrogens is 594 g/mol. The van der Waals surface area contributed by atoms with Crippen molar-refractivity contribution in [3.05, 3.63) is 87.2 Å². The molecule has 12 heteroatoms. The van der Waals surface area contributed by atoms with Gasteiger partial charge in [-0.15, -0.1) is 0 Å². The number of nitrogens with one attached hydrogen (secondary N) is 2. The molecule has 11 nitrogen and oxygen atoms in total. The number of benzene rings is 2. The summed E-state index contributed by atoms with van der Waals surface area (Å²) in [7, 11) is 3.17. The lowest BCUT2D eigenvalue weighted by Gasteiger charge is -2.28. The number of hydrogen-bond donors (Lipinski definition) is 3. The average molecular weight is 628 g/mol. The van der Waals surface area contributed by atoms with E-state index in [1.165, 1.54) is 4.68 Å². The van der Waals surface area contributed by atoms with Crippen LogP contribution in [0.25, 0.3) is 33.2 Å². The van der Waals surface area contributed by atoms with Gasteiger partial charge in [-0.2, -0.15) is 5.10 Å². The Kier molecular flexibility index (Phi) is 8.77. The Morgan fingerprint density at radius 3 is 2.69 bits per heavy atom. The maximum absolute atomic E-state index is 13.0. The van der Waals surface area contributed by atoms with Crippen LogP contribution in [0, 0.1) is 13.8 Å². The lowest BCUT2D eigenvalue weighted by atomic mass is 9.96. The molecule has 2 atom stereocenters. The standard InChI is InChI=1S/C33H34ClN7O4/c1-18-13-20-14-37-41(3)33(43)29(20)31(38-18)39-24-10-6-7-21(19(24)2)22-8-5-9-23(30(22)34)26-15-36-27(32(40-26)44-4)16-35-25-11-12-45-17-28(25)42/h5-10,13-15,25,28,35,42H,11-12,16-17H2,1-4H3,(H,38,39). The molecule has 0 aliphatic carbocycles. The highest BCUT2D eigenvalue weighted by atomic mass is 35.5. The van der Waals surface area contributed by atoms with E-state index < -0.39 is 6.10 Å². The highest BCUT2D eigenvalue weighted by Gasteiger charge is 2.24. The number of hydrogen-bond acceptors (Lipinski definition) is 10. The van der Waals surface area contributed by atoms with Crippen LogP contribution in [-0.4, -0.2) is 62.3 Å². The van der Waals surface area contributed by atoms with Crippen molar-refractivity contribution in [2.75, 3.05) is 25.6 Å². The van der Waals surface area contributed by atoms with Gasteiger partial charge in [0.15, 0.2) is 0 Å². The van der Waals surface area contributed by atoms with Gasteiger partial charge in [-0.3, -0.25) is 9.78 Å². The van der Waals surface area contributed by atoms with E-state index in [0.717, 1.165) is 33.5 Å². The van der Waals surface area contributed by atoms with Crippen LogP contribution in [0.5, 0.6) is 5.88 Å². The number of aliphatic hydroxyl groups is 1. The van der Waals surface area contributed by atoms with Crippen LogP contribution in [0.4, 0.5) is 11.5 Å². The Balaban J connectivity index is 1.32. The van der Waals surface area contributed by atoms with Crippen molar-refractivity contribution in [3.63, 3.8) is 0 Å². The van der Waals surface area contributed by atoms with E-state index in [1.807, 2.05) is 56.3 Å². The first kappa shape index (κ1) is 30.6. The molecule has 6 rings (SSSR count). The topological polar surface area (TPSA) is 136 Å². The molecule has 0 amide bonds. The van der Waals surface area contributed by atoms with Gasteiger partial charge < -0.3 is 25.2 Å². The number of pyridine rings is 1. The molecule has 1 aliphatic heterocycles. The fraction of sp³-hybridized carbons (Fsp3) is 0.303. The van der Waals surface area contributed by atoms with Crippen molar-refractivity contribution in [2.24, 2.45) is 7.05 Å². The van der Waals surface area contributed by atoms with Gasteiger partial charge in [0.05, 0.1) is 48.3 Å². The summed E-state index contributed by atoms with van der Waals surface area (Å²) in [6.45, 7) is 5.18. The number of nitrogens with zero attached hydrogens (tertiary/aromatic N) is 5. The number of ether oxygens (including phenoxy) is 2. The monoisotopic (exact) mass is 627 g/mol. The minimum Gasteiger partial charge on any atom is -0.480 e. The number of fused-ring (bicyclic) bond motifs is 1. The summed E-state index contributed by atoms with van der Waals surface area (Å²) in [6, 6.07) is 13.4. The smallest absolute Gasteiger partial charge is 0.278 e. The van der Waals surface area contributed by atoms with Gasteiger partial charge in [-0.05, 0) is 43.5 Å². The zero-order valence-electron chi connectivity index (χ0n) is 25.5. The van der Waals surface area contributed by atoms with Crippen molar-refractivity contribution in [2.45, 2.75) is 39.0 Å². The lowest BCUT2D eigenvalue weighted by molar-refractivity contribution is -0.0281. The van der Waals surface area contributed by atoms with Crippen molar-refractivity contribution in [1.29, 1.82) is 0 Å². The fourth-order valence-corrected chi connectivity index (χ4v) is 5.93. The molecule has 5 aromatic rings. The highest BCUT2D eigenvalue weighted by Crippen LogP contribution is 2.39. The van der Waals surface area contributed by atoms with Gasteiger partial charge in [0.1, 0.15) is 11.5 Å². The lowest BCUT2D eigenvalue weighted by Crippen LogP contribution is -2.46. The minimum absolute atomic E-state index is 0.0904. The Bertz CT molecular complexity index is 1950. The Morgan fingerprint density at radius 2 is 1.89 bits per heavy atom. The van der Waals surface area contributed by atoms with Crippen LogP contribution in [0.15, 0.2) is 59.7 Å². The maximum Gasteiger partial charge on any atom is 0.278 e. The number of halogens is 1. The first-order valence-corrected chi connectivity index (χ1v) is 15.0. The van der Waals surface area contributed by atoms with E-state index in [1.54, 1.807) is 26.6 Å². The number of methoxy groups -OCH3 is 1. The van der Waals surface area contributed by atoms with E-state index in [9.17, 15) is 9.90 Å². The van der Waals surface area contributed by atoms with Gasteiger partial charge >= 0.3 is 0 Å². The molecule has 232 valence electrons. The van der Waals surface area contributed by atoms with Crippen LogP contribution in [-0.2, 0) is 18.3 Å². The maximum atomic E-state index is 13.0. The average Bonchev–Trinajstić information content (AvgIpc) is 3.03. The molecular formula is C33H34ClN7O4. The number of aryl methyl sites for hydroxylation is 2. The number of anilines is 2. The van der Waals surface area contributed by atoms with E-state index in [0.29, 0.717) is 65.2 Å². The van der Waals surface area contributed by atoms with Crippen LogP contribution in [0.1, 0.15) is 23.4 Å². The molecule has 3 aromatic heterocycles. The quantitative estimate of drug-likeness (QED) is 0.222. The number of aromatic nitrogens is 5. The zero-order chi connectivity index (χ0) is 31.7. The molecule has 1 fully saturated rings. The Hall–Kier alpha value is -4.42. The van der Waals surface area contributed by atoms with E-state index in [2.05, 4.69) is 25.7 Å². The summed E-state index contributed by atoms with van der Waals surface area (Å²) in [5.74, 6) is 0.848. The molecule has 3 N–H and O–H groups in total. The molecule has 0 spiro atoms. The van der Waals surface area contributed by atoms with Gasteiger partial charge in [-0.1, -0.05) is 41.9 Å². The second-order valence-corrected chi connectivity index (χ2v) is 11.4. The van der Waals surface area contributed by atoms with Crippen LogP contribution in [0.2, 0.25) is 5.02 Å². The highest BCUT2D eigenvalue weighted by molar-refractivity contribution is 6.36. The summed E-state index contributed by atoms with van der Waals surface area (Å²) in [5.41, 5.74) is 5.89. The van der Waals surface area contributed by atoms with Crippen LogP contribution in [0.3, 0.4) is 0 Å². The van der Waals surface area contributed by atoms with Crippen LogP contribution < -0.4 is 20.9 Å². The second kappa shape index (κ2) is 12.9. The van der Waals surface area contributed by atoms with E-state index in [4.69, 9.17) is 26.1 Å². The molecule has 2 unspecified atom stereocenters. The van der Waals surface area contributed by atoms with Gasteiger partial charge in [0.25, 0.3) is 5.56 Å². The van der Waals surface area contributed by atoms with Gasteiger partial charge in [-0.25, -0.2) is 14.6 Å². The molecule has 4 heterocycles. The summed E-state index contributed by atoms with van der Waals surface area (Å²) < 4.78 is 12.2. The number of rotatable bonds is 8. The largest absolute Gasteiger partial charge is 0.480 e. The SMILES string of the molecule is COc1nc(-c2cccc(-c3cccc(Nc4nc(C)cc5cnn(C)c(=O)c45)c3C)c2Cl)cnc1CNC1CCOCC1O. The third kappa shape index (κ3) is 6.12. The molecule has 0 radical (unpaired) electrons. The molecule has 1 saturated heterocycles. The van der Waals surface area contributed by atoms with E-state index >= 15 is 0 Å². The third-order valence-corrected chi connectivity index (χ3v) is 8.48. The van der Waals surface area contributed by atoms with Crippen molar-refractivity contribution in [1.82, 2.24) is 30.0 Å². The Morgan fingerprint density at radius 1 is 1.11 bits per heavy atom. The predicted molar refractivity (Wildman–Crippen MR) is 174 cm³/mol. The molecule has 0 bridgehead atoms. The first-order chi connectivity index (χ1) is 21.7. The van der Waals surface area contributed by atoms with Gasteiger partial charge in [0.2, 0.25) is 5.88 Å². The molecule has 2 aromatic carbocycles. The van der Waals surface area contributed by atoms with Crippen molar-refractivity contribution < 1.29 is 14.6 Å². The normalized spacial score (nSPS) is 16.6. The zero-order valence-corrected chi connectivity index (χ0v) is 26.2. The van der Waals surface area contributed by atoms with Crippen LogP contribution >= 0.6 is 11.6 Å². The first-order valence-electron chi connectivity index (χ1n) is 14.6. The Labute approximate surface area is 265 Å². The number of aliphatic hydroxyl groups excluding tert-OH is 1. The van der Waals surface area contributed by atoms with Gasteiger partial charge in [0, 0.05) is 54.1 Å². The summed E-state index contributed by atoms with van der Waals surface area (Å²) in [4.78, 5) is 27.0. The van der Waals surface area contributed by atoms with Crippen molar-refractivity contribution >= 4 is 33.9 Å². The molecule has 45 heavy (non-hydrogen) atoms. The molecule has 1 aliphatic rings. The van der Waals surface area contributed by atoms with Crippen molar-refractivity contribution in [3.8, 4) is 28.3 Å².